The molecule has 3 aromatic rings. The molecule has 1 N–H and O–H groups in total. The van der Waals surface area contributed by atoms with Crippen molar-refractivity contribution >= 4 is 50.9 Å². The Morgan fingerprint density at radius 1 is 1.14 bits per heavy atom. The summed E-state index contributed by atoms with van der Waals surface area (Å²) in [6.45, 7) is 7.96. The molecule has 44 heavy (non-hydrogen) atoms. The van der Waals surface area contributed by atoms with E-state index in [1.807, 2.05) is 19.9 Å². The zero-order valence-electron chi connectivity index (χ0n) is 24.9. The topological polar surface area (TPSA) is 111 Å². The molecule has 0 radical (unpaired) electrons. The van der Waals surface area contributed by atoms with Gasteiger partial charge in [-0.05, 0) is 55.5 Å². The molecule has 0 spiro atoms. The van der Waals surface area contributed by atoms with Gasteiger partial charge in [0.2, 0.25) is 0 Å². The number of methoxy groups -OCH3 is 1. The number of ether oxygens (including phenoxy) is 3. The lowest BCUT2D eigenvalue weighted by Crippen LogP contribution is -2.25. The lowest BCUT2D eigenvalue weighted by atomic mass is 10.2. The Bertz CT molecular complexity index is 1610. The molecule has 13 heteroatoms. The molecular weight excluding hydrogens is 631 g/mol. The summed E-state index contributed by atoms with van der Waals surface area (Å²) in [5.41, 5.74) is 0.881. The Morgan fingerprint density at radius 3 is 2.39 bits per heavy atom. The van der Waals surface area contributed by atoms with E-state index in [0.29, 0.717) is 42.3 Å². The molecule has 0 unspecified atom stereocenters. The van der Waals surface area contributed by atoms with Gasteiger partial charge in [0.25, 0.3) is 10.0 Å². The van der Waals surface area contributed by atoms with Crippen LogP contribution < -0.4 is 10.1 Å². The van der Waals surface area contributed by atoms with Crippen molar-refractivity contribution in [3.63, 3.8) is 0 Å². The van der Waals surface area contributed by atoms with Gasteiger partial charge in [0, 0.05) is 31.9 Å². The molecule has 2 aromatic carbocycles. The van der Waals surface area contributed by atoms with Crippen LogP contribution in [0.5, 0.6) is 5.75 Å². The number of allylic oxidation sites excluding steroid dienone is 3. The molecule has 0 aliphatic rings. The second-order valence-corrected chi connectivity index (χ2v) is 12.3. The van der Waals surface area contributed by atoms with Gasteiger partial charge in [-0.15, -0.1) is 11.3 Å². The number of thiophene rings is 1. The van der Waals surface area contributed by atoms with Crippen LogP contribution in [0.2, 0.25) is 4.34 Å². The summed E-state index contributed by atoms with van der Waals surface area (Å²) in [6, 6.07) is 13.9. The zero-order chi connectivity index (χ0) is 32.9. The fourth-order valence-electron chi connectivity index (χ4n) is 3.52. The van der Waals surface area contributed by atoms with Gasteiger partial charge < -0.3 is 19.5 Å². The number of halogens is 2. The van der Waals surface area contributed by atoms with E-state index in [0.717, 1.165) is 21.7 Å². The minimum atomic E-state index is -3.96. The molecule has 0 bridgehead atoms. The average Bonchev–Trinajstić information content (AvgIpc) is 3.41. The number of benzene rings is 2. The van der Waals surface area contributed by atoms with E-state index < -0.39 is 21.8 Å². The van der Waals surface area contributed by atoms with Crippen molar-refractivity contribution in [2.24, 2.45) is 0 Å². The number of carbonyl (C=O) groups excluding carboxylic acids is 2. The number of carbonyl (C=O) groups is 2. The normalized spacial score (nSPS) is 11.5. The monoisotopic (exact) mass is 664 g/mol. The minimum Gasteiger partial charge on any atom is -0.497 e. The summed E-state index contributed by atoms with van der Waals surface area (Å²) in [5, 5.41) is 2.78. The van der Waals surface area contributed by atoms with Crippen LogP contribution in [0.25, 0.3) is 0 Å². The predicted molar refractivity (Wildman–Crippen MR) is 171 cm³/mol. The van der Waals surface area contributed by atoms with Crippen LogP contribution >= 0.6 is 22.9 Å². The van der Waals surface area contributed by atoms with Crippen molar-refractivity contribution in [3.8, 4) is 5.75 Å². The first-order valence-corrected chi connectivity index (χ1v) is 15.8. The molecule has 236 valence electrons. The third-order valence-electron chi connectivity index (χ3n) is 5.79. The molecule has 0 aliphatic carbocycles. The Morgan fingerprint density at radius 2 is 1.82 bits per heavy atom. The highest BCUT2D eigenvalue weighted by atomic mass is 35.5. The van der Waals surface area contributed by atoms with E-state index >= 15 is 0 Å². The Hall–Kier alpha value is -4.13. The number of sulfonamides is 1. The third-order valence-corrected chi connectivity index (χ3v) is 8.96. The number of likely N-dealkylation sites (N-methyl/N-ethyl adjacent to an activating group) is 1. The van der Waals surface area contributed by atoms with Crippen molar-refractivity contribution < 1.29 is 36.6 Å². The summed E-state index contributed by atoms with van der Waals surface area (Å²) in [5.74, 6) is 0.489. The van der Waals surface area contributed by atoms with Gasteiger partial charge >= 0.3 is 5.97 Å². The number of hydrogen-bond donors (Lipinski definition) is 1. The number of nitrogens with one attached hydrogen (secondary N) is 1. The first-order valence-electron chi connectivity index (χ1n) is 13.2. The number of nitrogens with zero attached hydrogens (tertiary/aromatic N) is 1. The van der Waals surface area contributed by atoms with E-state index in [9.17, 15) is 22.4 Å². The van der Waals surface area contributed by atoms with Gasteiger partial charge in [0.05, 0.1) is 28.5 Å². The molecule has 0 amide bonds. The molecule has 0 fully saturated rings. The van der Waals surface area contributed by atoms with E-state index in [4.69, 9.17) is 25.8 Å². The Kier molecular flexibility index (Phi) is 14.1. The van der Waals surface area contributed by atoms with Crippen molar-refractivity contribution in [1.82, 2.24) is 4.31 Å². The van der Waals surface area contributed by atoms with E-state index in [1.54, 1.807) is 44.5 Å². The first-order chi connectivity index (χ1) is 20.9. The smallest absolute Gasteiger partial charge is 0.343 e. The zero-order valence-corrected chi connectivity index (χ0v) is 27.3. The second kappa shape index (κ2) is 17.2. The maximum atomic E-state index is 13.3. The quantitative estimate of drug-likeness (QED) is 0.0667. The molecule has 9 nitrogen and oxygen atoms in total. The molecule has 0 saturated carbocycles. The number of rotatable bonds is 13. The maximum absolute atomic E-state index is 13.3. The number of para-hydroxylation sites is 1. The highest BCUT2D eigenvalue weighted by molar-refractivity contribution is 7.89. The van der Waals surface area contributed by atoms with Crippen LogP contribution in [0.15, 0.2) is 95.4 Å². The molecular formula is C31H34ClFN2O7S2. The summed E-state index contributed by atoms with van der Waals surface area (Å²) >= 11 is 6.75. The van der Waals surface area contributed by atoms with Crippen LogP contribution in [0, 0.1) is 5.82 Å². The Labute approximate surface area is 266 Å². The average molecular weight is 665 g/mol. The van der Waals surface area contributed by atoms with Crippen molar-refractivity contribution in [1.29, 1.82) is 0 Å². The second-order valence-electron chi connectivity index (χ2n) is 8.65. The van der Waals surface area contributed by atoms with Gasteiger partial charge in [0.15, 0.2) is 12.0 Å². The van der Waals surface area contributed by atoms with E-state index in [-0.39, 0.29) is 25.4 Å². The molecule has 0 atom stereocenters. The largest absolute Gasteiger partial charge is 0.497 e. The van der Waals surface area contributed by atoms with Gasteiger partial charge in [-0.3, -0.25) is 9.10 Å². The number of hydrogen-bond acceptors (Lipinski definition) is 9. The van der Waals surface area contributed by atoms with Gasteiger partial charge in [0.1, 0.15) is 22.2 Å². The molecule has 0 saturated heterocycles. The minimum absolute atomic E-state index is 0.0428. The highest BCUT2D eigenvalue weighted by Gasteiger charge is 2.26. The lowest BCUT2D eigenvalue weighted by molar-refractivity contribution is 0.0734. The van der Waals surface area contributed by atoms with Crippen molar-refractivity contribution in [2.45, 2.75) is 25.2 Å². The lowest BCUT2D eigenvalue weighted by Gasteiger charge is -2.19. The van der Waals surface area contributed by atoms with Crippen LogP contribution in [0.1, 0.15) is 40.3 Å². The van der Waals surface area contributed by atoms with Gasteiger partial charge in [-0.25, -0.2) is 17.6 Å². The Balaban J connectivity index is 0.000000326. The molecule has 3 rings (SSSR count). The summed E-state index contributed by atoms with van der Waals surface area (Å²) < 4.78 is 55.8. The number of aldehydes is 1. The van der Waals surface area contributed by atoms with Crippen LogP contribution in [0.3, 0.4) is 0 Å². The number of anilines is 1. The van der Waals surface area contributed by atoms with Crippen LogP contribution in [-0.4, -0.2) is 52.8 Å². The maximum Gasteiger partial charge on any atom is 0.343 e. The first kappa shape index (κ1) is 36.1. The van der Waals surface area contributed by atoms with Crippen molar-refractivity contribution in [3.05, 3.63) is 111 Å². The van der Waals surface area contributed by atoms with Gasteiger partial charge in [-0.2, -0.15) is 0 Å². The SMILES string of the molecule is C=C(/C=C\C(OCC)=C(/CC)OC)N(C)S(=O)(=O)c1cc(Cl)sc1C=O.CNc1cc(F)cc(C(=O)Oc2ccccc2)c1. The van der Waals surface area contributed by atoms with E-state index in [1.165, 1.54) is 31.3 Å². The molecule has 0 aliphatic heterocycles. The van der Waals surface area contributed by atoms with Gasteiger partial charge in [-0.1, -0.05) is 43.3 Å². The standard InChI is InChI=1S/C17H22ClNO5S2.C14H12FNO2/c1-6-13(23-5)14(24-7-2)9-8-12(3)19(4)26(21,22)16-10-17(18)25-15(16)11-20;1-16-12-8-10(7-11(15)9-12)14(17)18-13-5-3-2-4-6-13/h8-11H,3,6-7H2,1-2,4-5H3;2-9,16H,1H3/b9-8-,14-13-;. The van der Waals surface area contributed by atoms with Crippen LogP contribution in [-0.2, 0) is 19.5 Å². The fourth-order valence-corrected chi connectivity index (χ4v) is 6.29. The molecule has 1 heterocycles. The summed E-state index contributed by atoms with van der Waals surface area (Å²) in [6.07, 6.45) is 4.19. The summed E-state index contributed by atoms with van der Waals surface area (Å²) in [4.78, 5) is 22.8. The molecule has 1 aromatic heterocycles. The fraction of sp³-hybridized carbons (Fsp3) is 0.226. The summed E-state index contributed by atoms with van der Waals surface area (Å²) in [7, 11) is 0.582. The van der Waals surface area contributed by atoms with E-state index in [2.05, 4.69) is 11.9 Å². The number of esters is 1. The predicted octanol–water partition coefficient (Wildman–Crippen LogP) is 7.30. The van der Waals surface area contributed by atoms with Crippen LogP contribution in [0.4, 0.5) is 10.1 Å². The highest BCUT2D eigenvalue weighted by Crippen LogP contribution is 2.31. The third kappa shape index (κ3) is 9.97. The van der Waals surface area contributed by atoms with Crippen molar-refractivity contribution in [2.75, 3.05) is 33.1 Å².